The topological polar surface area (TPSA) is 60.0 Å². The number of methoxy groups -OCH3 is 1. The molecule has 0 aliphatic carbocycles. The van der Waals surface area contributed by atoms with Crippen molar-refractivity contribution < 1.29 is 19.0 Å². The molecule has 2 heterocycles. The maximum absolute atomic E-state index is 11.6. The zero-order valence-corrected chi connectivity index (χ0v) is 14.6. The summed E-state index contributed by atoms with van der Waals surface area (Å²) in [5, 5.41) is 2.86. The summed E-state index contributed by atoms with van der Waals surface area (Å²) in [6.07, 6.45) is 0.753. The maximum Gasteiger partial charge on any atom is 0.234 e. The molecule has 2 saturated heterocycles. The molecule has 0 bridgehead atoms. The molecule has 1 N–H and O–H groups in total. The summed E-state index contributed by atoms with van der Waals surface area (Å²) < 4.78 is 17.2. The minimum atomic E-state index is -0.530. The molecule has 6 nitrogen and oxygen atoms in total. The highest BCUT2D eigenvalue weighted by Gasteiger charge is 2.33. The van der Waals surface area contributed by atoms with Gasteiger partial charge < -0.3 is 19.5 Å². The Morgan fingerprint density at radius 2 is 2.25 bits per heavy atom. The average Bonchev–Trinajstić information content (AvgIpc) is 2.88. The first kappa shape index (κ1) is 17.2. The van der Waals surface area contributed by atoms with Crippen LogP contribution < -0.4 is 10.1 Å². The largest absolute Gasteiger partial charge is 0.496 e. The molecule has 1 atom stereocenters. The van der Waals surface area contributed by atoms with Gasteiger partial charge in [0.05, 0.1) is 26.4 Å². The van der Waals surface area contributed by atoms with Gasteiger partial charge in [0, 0.05) is 31.6 Å². The molecule has 1 aromatic carbocycles. The molecule has 132 valence electrons. The van der Waals surface area contributed by atoms with Gasteiger partial charge in [0.25, 0.3) is 0 Å². The van der Waals surface area contributed by atoms with Crippen molar-refractivity contribution in [2.24, 2.45) is 0 Å². The molecule has 1 unspecified atom stereocenters. The van der Waals surface area contributed by atoms with Crippen molar-refractivity contribution in [3.8, 4) is 5.75 Å². The van der Waals surface area contributed by atoms with E-state index in [1.807, 2.05) is 26.0 Å². The Labute approximate surface area is 143 Å². The van der Waals surface area contributed by atoms with Crippen LogP contribution in [0.25, 0.3) is 0 Å². The molecule has 0 spiro atoms. The van der Waals surface area contributed by atoms with E-state index in [4.69, 9.17) is 14.2 Å². The van der Waals surface area contributed by atoms with E-state index in [0.717, 1.165) is 30.8 Å². The van der Waals surface area contributed by atoms with E-state index in [-0.39, 0.29) is 12.0 Å². The Balaban J connectivity index is 1.77. The summed E-state index contributed by atoms with van der Waals surface area (Å²) in [6, 6.07) is 6.08. The van der Waals surface area contributed by atoms with Gasteiger partial charge in [0.15, 0.2) is 5.79 Å². The van der Waals surface area contributed by atoms with Crippen molar-refractivity contribution in [1.82, 2.24) is 10.2 Å². The van der Waals surface area contributed by atoms with Crippen LogP contribution in [-0.2, 0) is 27.2 Å². The van der Waals surface area contributed by atoms with Gasteiger partial charge in [-0.3, -0.25) is 9.69 Å². The van der Waals surface area contributed by atoms with Gasteiger partial charge in [-0.2, -0.15) is 0 Å². The highest BCUT2D eigenvalue weighted by Crippen LogP contribution is 2.30. The lowest BCUT2D eigenvalue weighted by molar-refractivity contribution is -0.138. The number of benzene rings is 1. The van der Waals surface area contributed by atoms with Crippen molar-refractivity contribution >= 4 is 5.91 Å². The van der Waals surface area contributed by atoms with Crippen LogP contribution in [0, 0.1) is 0 Å². The molecule has 0 saturated carbocycles. The third kappa shape index (κ3) is 4.06. The van der Waals surface area contributed by atoms with Crippen LogP contribution in [0.5, 0.6) is 5.75 Å². The Bertz CT molecular complexity index is 603. The average molecular weight is 334 g/mol. The summed E-state index contributed by atoms with van der Waals surface area (Å²) in [5.74, 6) is 0.417. The Hall–Kier alpha value is -1.63. The zero-order valence-electron chi connectivity index (χ0n) is 14.6. The number of carbonyl (C=O) groups excluding carboxylic acids is 1. The maximum atomic E-state index is 11.6. The lowest BCUT2D eigenvalue weighted by atomic mass is 9.99. The van der Waals surface area contributed by atoms with Crippen molar-refractivity contribution in [3.63, 3.8) is 0 Å². The Kier molecular flexibility index (Phi) is 5.08. The van der Waals surface area contributed by atoms with Crippen LogP contribution >= 0.6 is 0 Å². The standard InChI is InChI=1S/C18H26N2O4/c1-18(2)23-12-14(24-18)9-15-13(5-4-6-16(15)22-3)10-20-8-7-19-17(21)11-20/h4-6,14H,7-12H2,1-3H3,(H,19,21). The zero-order chi connectivity index (χ0) is 17.2. The first-order valence-electron chi connectivity index (χ1n) is 8.42. The first-order chi connectivity index (χ1) is 11.5. The predicted molar refractivity (Wildman–Crippen MR) is 89.9 cm³/mol. The van der Waals surface area contributed by atoms with Gasteiger partial charge in [-0.15, -0.1) is 0 Å². The number of piperazine rings is 1. The van der Waals surface area contributed by atoms with Gasteiger partial charge >= 0.3 is 0 Å². The van der Waals surface area contributed by atoms with Crippen LogP contribution in [0.15, 0.2) is 18.2 Å². The number of ether oxygens (including phenoxy) is 3. The molecule has 2 aliphatic heterocycles. The number of carbonyl (C=O) groups is 1. The number of hydrogen-bond acceptors (Lipinski definition) is 5. The fraction of sp³-hybridized carbons (Fsp3) is 0.611. The SMILES string of the molecule is COc1cccc(CN2CCNC(=O)C2)c1CC1COC(C)(C)O1. The van der Waals surface area contributed by atoms with E-state index >= 15 is 0 Å². The van der Waals surface area contributed by atoms with Crippen LogP contribution in [-0.4, -0.2) is 56.0 Å². The lowest BCUT2D eigenvalue weighted by Crippen LogP contribution is -2.47. The molecule has 1 amide bonds. The van der Waals surface area contributed by atoms with Gasteiger partial charge in [0.2, 0.25) is 5.91 Å². The molecule has 2 aliphatic rings. The minimum Gasteiger partial charge on any atom is -0.496 e. The van der Waals surface area contributed by atoms with Crippen molar-refractivity contribution in [2.75, 3.05) is 33.4 Å². The van der Waals surface area contributed by atoms with E-state index in [9.17, 15) is 4.79 Å². The molecule has 24 heavy (non-hydrogen) atoms. The normalized spacial score (nSPS) is 24.0. The van der Waals surface area contributed by atoms with Crippen LogP contribution in [0.3, 0.4) is 0 Å². The Morgan fingerprint density at radius 1 is 1.42 bits per heavy atom. The van der Waals surface area contributed by atoms with Crippen molar-refractivity contribution in [3.05, 3.63) is 29.3 Å². The number of amides is 1. The molecular formula is C18H26N2O4. The van der Waals surface area contributed by atoms with Gasteiger partial charge in [-0.05, 0) is 25.5 Å². The summed E-state index contributed by atoms with van der Waals surface area (Å²) in [7, 11) is 1.69. The monoisotopic (exact) mass is 334 g/mol. The summed E-state index contributed by atoms with van der Waals surface area (Å²) in [6.45, 7) is 7.18. The number of rotatable bonds is 5. The van der Waals surface area contributed by atoms with Gasteiger partial charge in [-0.25, -0.2) is 0 Å². The lowest BCUT2D eigenvalue weighted by Gasteiger charge is -2.28. The number of nitrogens with one attached hydrogen (secondary N) is 1. The predicted octanol–water partition coefficient (Wildman–Crippen LogP) is 1.32. The van der Waals surface area contributed by atoms with Gasteiger partial charge in [0.1, 0.15) is 5.75 Å². The second-order valence-electron chi connectivity index (χ2n) is 6.81. The third-order valence-electron chi connectivity index (χ3n) is 4.46. The third-order valence-corrected chi connectivity index (χ3v) is 4.46. The molecule has 1 aromatic rings. The molecule has 3 rings (SSSR count). The minimum absolute atomic E-state index is 0.0136. The fourth-order valence-corrected chi connectivity index (χ4v) is 3.34. The molecule has 0 radical (unpaired) electrons. The van der Waals surface area contributed by atoms with Crippen LogP contribution in [0.1, 0.15) is 25.0 Å². The van der Waals surface area contributed by atoms with E-state index in [0.29, 0.717) is 19.7 Å². The molecular weight excluding hydrogens is 308 g/mol. The highest BCUT2D eigenvalue weighted by atomic mass is 16.7. The highest BCUT2D eigenvalue weighted by molar-refractivity contribution is 5.78. The molecule has 6 heteroatoms. The van der Waals surface area contributed by atoms with E-state index in [1.54, 1.807) is 7.11 Å². The second-order valence-corrected chi connectivity index (χ2v) is 6.81. The quantitative estimate of drug-likeness (QED) is 0.880. The fourth-order valence-electron chi connectivity index (χ4n) is 3.34. The van der Waals surface area contributed by atoms with Crippen LogP contribution in [0.4, 0.5) is 0 Å². The number of nitrogens with zero attached hydrogens (tertiary/aromatic N) is 1. The smallest absolute Gasteiger partial charge is 0.234 e. The number of hydrogen-bond donors (Lipinski definition) is 1. The van der Waals surface area contributed by atoms with Crippen LogP contribution in [0.2, 0.25) is 0 Å². The van der Waals surface area contributed by atoms with E-state index in [1.165, 1.54) is 5.56 Å². The van der Waals surface area contributed by atoms with Crippen molar-refractivity contribution in [2.45, 2.75) is 38.7 Å². The van der Waals surface area contributed by atoms with E-state index < -0.39 is 5.79 Å². The summed E-state index contributed by atoms with van der Waals surface area (Å²) in [4.78, 5) is 13.8. The second kappa shape index (κ2) is 7.09. The summed E-state index contributed by atoms with van der Waals surface area (Å²) in [5.41, 5.74) is 2.31. The Morgan fingerprint density at radius 3 is 2.92 bits per heavy atom. The first-order valence-corrected chi connectivity index (χ1v) is 8.42. The van der Waals surface area contributed by atoms with E-state index in [2.05, 4.69) is 16.3 Å². The molecule has 0 aromatic heterocycles. The molecule has 2 fully saturated rings. The van der Waals surface area contributed by atoms with Gasteiger partial charge in [-0.1, -0.05) is 12.1 Å². The van der Waals surface area contributed by atoms with Crippen molar-refractivity contribution in [1.29, 1.82) is 0 Å². The summed E-state index contributed by atoms with van der Waals surface area (Å²) >= 11 is 0.